The molecule has 2 heteroatoms. The van der Waals surface area contributed by atoms with Gasteiger partial charge in [0.1, 0.15) is 0 Å². The minimum Gasteiger partial charge on any atom is -0.285 e. The molecule has 5 rings (SSSR count). The van der Waals surface area contributed by atoms with Crippen LogP contribution in [0.25, 0.3) is 6.08 Å². The van der Waals surface area contributed by atoms with Gasteiger partial charge in [-0.15, -0.1) is 6.58 Å². The first-order valence-electron chi connectivity index (χ1n) is 10.1. The normalized spacial score (nSPS) is 30.8. The fourth-order valence-corrected chi connectivity index (χ4v) is 6.14. The van der Waals surface area contributed by atoms with Gasteiger partial charge in [0, 0.05) is 11.1 Å². The van der Waals surface area contributed by atoms with Crippen LogP contribution in [0.4, 0.5) is 5.69 Å². The van der Waals surface area contributed by atoms with Gasteiger partial charge in [0.15, 0.2) is 0 Å². The van der Waals surface area contributed by atoms with E-state index in [4.69, 9.17) is 0 Å². The molecule has 136 valence electrons. The first-order valence-corrected chi connectivity index (χ1v) is 10.1. The molecule has 3 aliphatic carbocycles. The summed E-state index contributed by atoms with van der Waals surface area (Å²) in [5.74, 6) is 0.805. The van der Waals surface area contributed by atoms with E-state index in [2.05, 4.69) is 73.8 Å². The van der Waals surface area contributed by atoms with E-state index in [1.807, 2.05) is 0 Å². The SMILES string of the molecule is C=CCN1C2=C(CN1c1cccc3c1C(C)(C)CC=C3)[C@H]1CC[C@]2(C)C1. The highest BCUT2D eigenvalue weighted by Gasteiger charge is 2.54. The van der Waals surface area contributed by atoms with Crippen molar-refractivity contribution in [2.75, 3.05) is 18.1 Å². The molecule has 1 aromatic rings. The van der Waals surface area contributed by atoms with Gasteiger partial charge in [-0.25, -0.2) is 0 Å². The number of hydrazine groups is 1. The number of nitrogens with zero attached hydrogens (tertiary/aromatic N) is 2. The molecule has 0 unspecified atom stereocenters. The van der Waals surface area contributed by atoms with Crippen molar-refractivity contribution >= 4 is 11.8 Å². The lowest BCUT2D eigenvalue weighted by Gasteiger charge is -2.42. The zero-order valence-corrected chi connectivity index (χ0v) is 16.4. The third-order valence-electron chi connectivity index (χ3n) is 7.24. The highest BCUT2D eigenvalue weighted by atomic mass is 15.7. The molecular weight excluding hydrogens is 316 g/mol. The molecule has 0 N–H and O–H groups in total. The average Bonchev–Trinajstić information content (AvgIpc) is 3.24. The van der Waals surface area contributed by atoms with Crippen LogP contribution >= 0.6 is 0 Å². The Labute approximate surface area is 157 Å². The molecule has 26 heavy (non-hydrogen) atoms. The maximum absolute atomic E-state index is 4.07. The summed E-state index contributed by atoms with van der Waals surface area (Å²) < 4.78 is 0. The molecule has 1 heterocycles. The first-order chi connectivity index (χ1) is 12.4. The number of rotatable bonds is 3. The Morgan fingerprint density at radius 2 is 2.12 bits per heavy atom. The van der Waals surface area contributed by atoms with E-state index in [1.54, 1.807) is 11.3 Å². The number of fused-ring (bicyclic) bond motifs is 5. The number of hydrogen-bond acceptors (Lipinski definition) is 2. The second kappa shape index (κ2) is 5.28. The summed E-state index contributed by atoms with van der Waals surface area (Å²) in [6.45, 7) is 13.3. The molecule has 1 fully saturated rings. The van der Waals surface area contributed by atoms with E-state index in [0.29, 0.717) is 5.41 Å². The van der Waals surface area contributed by atoms with Crippen molar-refractivity contribution in [1.82, 2.24) is 5.01 Å². The molecule has 0 radical (unpaired) electrons. The summed E-state index contributed by atoms with van der Waals surface area (Å²) in [7, 11) is 0. The Kier molecular flexibility index (Phi) is 3.30. The zero-order chi connectivity index (χ0) is 18.1. The summed E-state index contributed by atoms with van der Waals surface area (Å²) >= 11 is 0. The third kappa shape index (κ3) is 2.05. The van der Waals surface area contributed by atoms with Gasteiger partial charge in [-0.2, -0.15) is 0 Å². The predicted molar refractivity (Wildman–Crippen MR) is 110 cm³/mol. The van der Waals surface area contributed by atoms with Crippen LogP contribution in [0.2, 0.25) is 0 Å². The van der Waals surface area contributed by atoms with E-state index in [1.165, 1.54) is 36.1 Å². The Hall–Kier alpha value is -1.96. The predicted octanol–water partition coefficient (Wildman–Crippen LogP) is 5.68. The summed E-state index contributed by atoms with van der Waals surface area (Å²) in [6, 6.07) is 6.84. The van der Waals surface area contributed by atoms with Crippen LogP contribution in [0.15, 0.2) is 48.2 Å². The maximum Gasteiger partial charge on any atom is 0.0630 e. The highest BCUT2D eigenvalue weighted by Crippen LogP contribution is 2.61. The third-order valence-corrected chi connectivity index (χ3v) is 7.24. The van der Waals surface area contributed by atoms with Crippen LogP contribution in [0.5, 0.6) is 0 Å². The van der Waals surface area contributed by atoms with Crippen LogP contribution in [-0.2, 0) is 5.41 Å². The monoisotopic (exact) mass is 346 g/mol. The van der Waals surface area contributed by atoms with Crippen LogP contribution in [0, 0.1) is 11.3 Å². The van der Waals surface area contributed by atoms with Gasteiger partial charge in [-0.1, -0.05) is 51.1 Å². The molecule has 2 bridgehead atoms. The van der Waals surface area contributed by atoms with Crippen LogP contribution in [0.1, 0.15) is 57.6 Å². The smallest absolute Gasteiger partial charge is 0.0630 e. The standard InChI is InChI=1S/C24H30N2/c1-5-14-25-22-19(18-11-13-24(22,4)15-18)16-26(25)20-10-6-8-17-9-7-12-23(2,3)21(17)20/h5-10,18H,1,11-16H2,2-4H3/t18-,24+/m0/s1. The number of benzene rings is 1. The summed E-state index contributed by atoms with van der Waals surface area (Å²) in [5, 5.41) is 5.13. The van der Waals surface area contributed by atoms with Gasteiger partial charge < -0.3 is 0 Å². The number of anilines is 1. The minimum atomic E-state index is 0.177. The van der Waals surface area contributed by atoms with E-state index < -0.39 is 0 Å². The zero-order valence-electron chi connectivity index (χ0n) is 16.4. The average molecular weight is 347 g/mol. The molecule has 4 aliphatic rings. The van der Waals surface area contributed by atoms with Gasteiger partial charge in [0.05, 0.1) is 18.8 Å². The van der Waals surface area contributed by atoms with E-state index >= 15 is 0 Å². The molecule has 0 aromatic heterocycles. The van der Waals surface area contributed by atoms with Crippen LogP contribution in [-0.4, -0.2) is 18.1 Å². The highest BCUT2D eigenvalue weighted by molar-refractivity contribution is 5.71. The summed E-state index contributed by atoms with van der Waals surface area (Å²) in [6.07, 6.45) is 11.9. The van der Waals surface area contributed by atoms with Gasteiger partial charge in [0.2, 0.25) is 0 Å². The van der Waals surface area contributed by atoms with E-state index in [9.17, 15) is 0 Å². The Balaban J connectivity index is 1.63. The van der Waals surface area contributed by atoms with Crippen molar-refractivity contribution in [1.29, 1.82) is 0 Å². The summed E-state index contributed by atoms with van der Waals surface area (Å²) in [4.78, 5) is 0. The van der Waals surface area contributed by atoms with E-state index in [-0.39, 0.29) is 5.41 Å². The van der Waals surface area contributed by atoms with Crippen molar-refractivity contribution in [2.24, 2.45) is 11.3 Å². The van der Waals surface area contributed by atoms with Gasteiger partial charge >= 0.3 is 0 Å². The molecule has 2 atom stereocenters. The molecule has 1 aliphatic heterocycles. The molecule has 0 amide bonds. The van der Waals surface area contributed by atoms with Crippen molar-refractivity contribution in [2.45, 2.75) is 51.9 Å². The van der Waals surface area contributed by atoms with Crippen molar-refractivity contribution in [3.63, 3.8) is 0 Å². The van der Waals surface area contributed by atoms with Crippen LogP contribution < -0.4 is 5.01 Å². The maximum atomic E-state index is 4.07. The van der Waals surface area contributed by atoms with Gasteiger partial charge in [0.25, 0.3) is 0 Å². The fraction of sp³-hybridized carbons (Fsp3) is 0.500. The lowest BCUT2D eigenvalue weighted by Crippen LogP contribution is -2.42. The van der Waals surface area contributed by atoms with Crippen LogP contribution in [0.3, 0.4) is 0 Å². The van der Waals surface area contributed by atoms with Crippen molar-refractivity contribution in [3.05, 3.63) is 59.3 Å². The van der Waals surface area contributed by atoms with Crippen molar-refractivity contribution < 1.29 is 0 Å². The molecule has 2 nitrogen and oxygen atoms in total. The van der Waals surface area contributed by atoms with Gasteiger partial charge in [-0.3, -0.25) is 10.0 Å². The number of hydrogen-bond donors (Lipinski definition) is 0. The molecular formula is C24H30N2. The minimum absolute atomic E-state index is 0.177. The second-order valence-electron chi connectivity index (χ2n) is 9.53. The number of allylic oxidation sites excluding steroid dienone is 2. The topological polar surface area (TPSA) is 6.48 Å². The Bertz CT molecular complexity index is 844. The summed E-state index contributed by atoms with van der Waals surface area (Å²) in [5.41, 5.74) is 8.18. The molecule has 0 saturated heterocycles. The Morgan fingerprint density at radius 3 is 2.92 bits per heavy atom. The largest absolute Gasteiger partial charge is 0.285 e. The Morgan fingerprint density at radius 1 is 1.27 bits per heavy atom. The molecule has 1 saturated carbocycles. The lowest BCUT2D eigenvalue weighted by molar-refractivity contribution is 0.268. The molecule has 0 spiro atoms. The molecule has 1 aromatic carbocycles. The van der Waals surface area contributed by atoms with Gasteiger partial charge in [-0.05, 0) is 59.8 Å². The fourth-order valence-electron chi connectivity index (χ4n) is 6.14. The van der Waals surface area contributed by atoms with E-state index in [0.717, 1.165) is 25.4 Å². The van der Waals surface area contributed by atoms with Crippen molar-refractivity contribution in [3.8, 4) is 0 Å². The first kappa shape index (κ1) is 16.2. The lowest BCUT2D eigenvalue weighted by atomic mass is 9.75. The quantitative estimate of drug-likeness (QED) is 0.650. The second-order valence-corrected chi connectivity index (χ2v) is 9.53.